The molecule has 0 bridgehead atoms. The highest BCUT2D eigenvalue weighted by Crippen LogP contribution is 2.25. The van der Waals surface area contributed by atoms with E-state index < -0.39 is 5.60 Å². The highest BCUT2D eigenvalue weighted by atomic mass is 16.5. The van der Waals surface area contributed by atoms with Crippen molar-refractivity contribution in [2.24, 2.45) is 11.7 Å². The van der Waals surface area contributed by atoms with E-state index in [0.717, 1.165) is 26.1 Å². The van der Waals surface area contributed by atoms with Crippen LogP contribution in [0.1, 0.15) is 26.2 Å². The van der Waals surface area contributed by atoms with E-state index in [1.807, 2.05) is 6.92 Å². The standard InChI is InChI=1S/C9H19NO2/c1-9(11,3-4-10)6-8-2-5-12-7-8/h8,11H,2-7,10H2,1H3. The van der Waals surface area contributed by atoms with Crippen molar-refractivity contribution < 1.29 is 9.84 Å². The maximum Gasteiger partial charge on any atom is 0.0635 e. The first-order valence-electron chi connectivity index (χ1n) is 4.64. The van der Waals surface area contributed by atoms with Crippen LogP contribution in [0.2, 0.25) is 0 Å². The van der Waals surface area contributed by atoms with Crippen molar-refractivity contribution in [3.63, 3.8) is 0 Å². The number of rotatable bonds is 4. The van der Waals surface area contributed by atoms with Gasteiger partial charge in [0.2, 0.25) is 0 Å². The maximum absolute atomic E-state index is 9.84. The van der Waals surface area contributed by atoms with Crippen LogP contribution < -0.4 is 5.73 Å². The van der Waals surface area contributed by atoms with E-state index >= 15 is 0 Å². The van der Waals surface area contributed by atoms with E-state index in [-0.39, 0.29) is 0 Å². The molecule has 0 aliphatic carbocycles. The molecule has 1 aliphatic heterocycles. The third-order valence-corrected chi connectivity index (χ3v) is 2.44. The predicted molar refractivity (Wildman–Crippen MR) is 47.8 cm³/mol. The molecule has 0 aromatic heterocycles. The molecule has 2 atom stereocenters. The van der Waals surface area contributed by atoms with Crippen LogP contribution >= 0.6 is 0 Å². The Kier molecular flexibility index (Phi) is 3.50. The van der Waals surface area contributed by atoms with Crippen molar-refractivity contribution in [2.75, 3.05) is 19.8 Å². The first-order chi connectivity index (χ1) is 5.64. The largest absolute Gasteiger partial charge is 0.390 e. The maximum atomic E-state index is 9.84. The summed E-state index contributed by atoms with van der Waals surface area (Å²) in [5.41, 5.74) is 4.81. The number of aliphatic hydroxyl groups is 1. The van der Waals surface area contributed by atoms with E-state index in [1.165, 1.54) is 0 Å². The molecule has 1 aliphatic rings. The van der Waals surface area contributed by atoms with E-state index in [4.69, 9.17) is 10.5 Å². The van der Waals surface area contributed by atoms with Crippen molar-refractivity contribution >= 4 is 0 Å². The van der Waals surface area contributed by atoms with Gasteiger partial charge in [0, 0.05) is 13.2 Å². The minimum Gasteiger partial charge on any atom is -0.390 e. The number of hydrogen-bond donors (Lipinski definition) is 2. The fourth-order valence-electron chi connectivity index (χ4n) is 1.78. The molecule has 12 heavy (non-hydrogen) atoms. The molecule has 1 heterocycles. The summed E-state index contributed by atoms with van der Waals surface area (Å²) in [5, 5.41) is 9.84. The fourth-order valence-corrected chi connectivity index (χ4v) is 1.78. The Bertz CT molecular complexity index is 130. The van der Waals surface area contributed by atoms with Gasteiger partial charge in [-0.3, -0.25) is 0 Å². The molecule has 0 radical (unpaired) electrons. The Labute approximate surface area is 73.9 Å². The molecule has 3 N–H and O–H groups in total. The van der Waals surface area contributed by atoms with Crippen LogP contribution in [0.4, 0.5) is 0 Å². The lowest BCUT2D eigenvalue weighted by molar-refractivity contribution is 0.0256. The summed E-state index contributed by atoms with van der Waals surface area (Å²) in [6, 6.07) is 0. The average Bonchev–Trinajstić information content (AvgIpc) is 2.38. The Hall–Kier alpha value is -0.120. The van der Waals surface area contributed by atoms with E-state index in [9.17, 15) is 5.11 Å². The van der Waals surface area contributed by atoms with Crippen molar-refractivity contribution in [2.45, 2.75) is 31.8 Å². The molecule has 1 saturated heterocycles. The first-order valence-corrected chi connectivity index (χ1v) is 4.64. The third-order valence-electron chi connectivity index (χ3n) is 2.44. The fraction of sp³-hybridized carbons (Fsp3) is 1.00. The Morgan fingerprint density at radius 2 is 2.42 bits per heavy atom. The topological polar surface area (TPSA) is 55.5 Å². The molecule has 2 unspecified atom stereocenters. The lowest BCUT2D eigenvalue weighted by Gasteiger charge is -2.25. The number of ether oxygens (including phenoxy) is 1. The van der Waals surface area contributed by atoms with Crippen molar-refractivity contribution in [3.05, 3.63) is 0 Å². The lowest BCUT2D eigenvalue weighted by Crippen LogP contribution is -2.30. The molecule has 1 rings (SSSR count). The van der Waals surface area contributed by atoms with Crippen LogP contribution in [0.5, 0.6) is 0 Å². The molecule has 3 heteroatoms. The molecule has 3 nitrogen and oxygen atoms in total. The van der Waals surface area contributed by atoms with Gasteiger partial charge >= 0.3 is 0 Å². The minimum absolute atomic E-state index is 0.534. The summed E-state index contributed by atoms with van der Waals surface area (Å²) in [7, 11) is 0. The SMILES string of the molecule is CC(O)(CCN)CC1CCOC1. The molecule has 0 aromatic carbocycles. The zero-order valence-corrected chi connectivity index (χ0v) is 7.75. The highest BCUT2D eigenvalue weighted by Gasteiger charge is 2.26. The molecule has 0 spiro atoms. The summed E-state index contributed by atoms with van der Waals surface area (Å²) in [6.07, 6.45) is 2.59. The van der Waals surface area contributed by atoms with Gasteiger partial charge in [-0.05, 0) is 38.6 Å². The van der Waals surface area contributed by atoms with Crippen LogP contribution in [-0.2, 0) is 4.74 Å². The molecule has 0 aromatic rings. The summed E-state index contributed by atoms with van der Waals surface area (Å²) in [4.78, 5) is 0. The first kappa shape index (κ1) is 9.96. The second-order valence-electron chi connectivity index (χ2n) is 3.97. The van der Waals surface area contributed by atoms with E-state index in [1.54, 1.807) is 0 Å². The smallest absolute Gasteiger partial charge is 0.0635 e. The van der Waals surface area contributed by atoms with Gasteiger partial charge in [-0.15, -0.1) is 0 Å². The van der Waals surface area contributed by atoms with E-state index in [0.29, 0.717) is 18.9 Å². The Morgan fingerprint density at radius 3 is 2.92 bits per heavy atom. The van der Waals surface area contributed by atoms with Gasteiger partial charge < -0.3 is 15.6 Å². The van der Waals surface area contributed by atoms with Crippen molar-refractivity contribution in [1.29, 1.82) is 0 Å². The second-order valence-corrected chi connectivity index (χ2v) is 3.97. The summed E-state index contributed by atoms with van der Waals surface area (Å²) in [5.74, 6) is 0.534. The number of hydrogen-bond acceptors (Lipinski definition) is 3. The van der Waals surface area contributed by atoms with Gasteiger partial charge in [0.15, 0.2) is 0 Å². The van der Waals surface area contributed by atoms with Crippen LogP contribution in [0, 0.1) is 5.92 Å². The van der Waals surface area contributed by atoms with Gasteiger partial charge in [0.1, 0.15) is 0 Å². The Morgan fingerprint density at radius 1 is 1.67 bits per heavy atom. The minimum atomic E-state index is -0.590. The summed E-state index contributed by atoms with van der Waals surface area (Å²) in [6.45, 7) is 4.07. The molecular weight excluding hydrogens is 154 g/mol. The van der Waals surface area contributed by atoms with Crippen molar-refractivity contribution in [1.82, 2.24) is 0 Å². The summed E-state index contributed by atoms with van der Waals surface area (Å²) >= 11 is 0. The predicted octanol–water partition coefficient (Wildman–Crippen LogP) is 0.513. The average molecular weight is 173 g/mol. The monoisotopic (exact) mass is 173 g/mol. The summed E-state index contributed by atoms with van der Waals surface area (Å²) < 4.78 is 5.24. The van der Waals surface area contributed by atoms with Crippen LogP contribution in [0.25, 0.3) is 0 Å². The molecule has 72 valence electrons. The molecule has 0 amide bonds. The lowest BCUT2D eigenvalue weighted by atomic mass is 9.89. The zero-order valence-electron chi connectivity index (χ0n) is 7.75. The third kappa shape index (κ3) is 3.09. The van der Waals surface area contributed by atoms with Crippen LogP contribution in [0.15, 0.2) is 0 Å². The zero-order chi connectivity index (χ0) is 9.03. The molecule has 0 saturated carbocycles. The van der Waals surface area contributed by atoms with Gasteiger partial charge in [0.05, 0.1) is 5.60 Å². The second kappa shape index (κ2) is 4.21. The van der Waals surface area contributed by atoms with Crippen LogP contribution in [0.3, 0.4) is 0 Å². The molecular formula is C9H19NO2. The quantitative estimate of drug-likeness (QED) is 0.651. The van der Waals surface area contributed by atoms with E-state index in [2.05, 4.69) is 0 Å². The van der Waals surface area contributed by atoms with Gasteiger partial charge in [-0.1, -0.05) is 0 Å². The van der Waals surface area contributed by atoms with Crippen molar-refractivity contribution in [3.8, 4) is 0 Å². The van der Waals surface area contributed by atoms with Crippen LogP contribution in [-0.4, -0.2) is 30.5 Å². The van der Waals surface area contributed by atoms with Gasteiger partial charge in [-0.2, -0.15) is 0 Å². The van der Waals surface area contributed by atoms with Gasteiger partial charge in [0.25, 0.3) is 0 Å². The van der Waals surface area contributed by atoms with Gasteiger partial charge in [-0.25, -0.2) is 0 Å². The number of nitrogens with two attached hydrogens (primary N) is 1. The highest BCUT2D eigenvalue weighted by molar-refractivity contribution is 4.78. The molecule has 1 fully saturated rings. The normalized spacial score (nSPS) is 28.8. The Balaban J connectivity index is 2.27.